The first kappa shape index (κ1) is 22.6. The summed E-state index contributed by atoms with van der Waals surface area (Å²) in [7, 11) is 0. The van der Waals surface area contributed by atoms with Gasteiger partial charge in [0, 0.05) is 16.6 Å². The summed E-state index contributed by atoms with van der Waals surface area (Å²) in [5, 5.41) is 9.66. The van der Waals surface area contributed by atoms with E-state index in [1.54, 1.807) is 36.0 Å². The van der Waals surface area contributed by atoms with Crippen LogP contribution in [0.1, 0.15) is 52.4 Å². The van der Waals surface area contributed by atoms with E-state index in [1.165, 1.54) is 23.5 Å². The van der Waals surface area contributed by atoms with E-state index in [9.17, 15) is 14.0 Å². The molecule has 0 aliphatic rings. The van der Waals surface area contributed by atoms with Gasteiger partial charge in [0.15, 0.2) is 12.3 Å². The summed E-state index contributed by atoms with van der Waals surface area (Å²) < 4.78 is 20.4. The number of nitrogens with one attached hydrogen (secondary N) is 1. The number of carbonyl (C=O) groups excluding carboxylic acids is 2. The molecule has 3 aromatic heterocycles. The molecule has 0 aliphatic heterocycles. The molecular weight excluding hydrogens is 443 g/mol. The largest absolute Gasteiger partial charge is 0.452 e. The standard InChI is InChI=1S/C24H23FN4O3S/c1-14(2)29-23-19(12-26-29)18(11-15(3)27-23)24(31)32-13-21(30)28-22(20-5-4-10-33-20)16-6-8-17(25)9-7-16/h4-12,14,22H,13H2,1-3H3,(H,28,30). The zero-order valence-electron chi connectivity index (χ0n) is 18.4. The van der Waals surface area contributed by atoms with Gasteiger partial charge < -0.3 is 10.1 Å². The predicted molar refractivity (Wildman–Crippen MR) is 124 cm³/mol. The van der Waals surface area contributed by atoms with Gasteiger partial charge in [0.2, 0.25) is 0 Å². The SMILES string of the molecule is Cc1cc(C(=O)OCC(=O)NC(c2ccc(F)cc2)c2cccs2)c2cnn(C(C)C)c2n1. The number of hydrogen-bond donors (Lipinski definition) is 1. The summed E-state index contributed by atoms with van der Waals surface area (Å²) in [4.78, 5) is 30.8. The number of fused-ring (bicyclic) bond motifs is 1. The molecule has 0 aliphatic carbocycles. The summed E-state index contributed by atoms with van der Waals surface area (Å²) in [5.41, 5.74) is 2.28. The molecule has 1 amide bonds. The van der Waals surface area contributed by atoms with Crippen molar-refractivity contribution in [2.45, 2.75) is 32.9 Å². The second-order valence-corrected chi connectivity index (χ2v) is 8.85. The Kier molecular flexibility index (Phi) is 6.50. The number of thiophene rings is 1. The first-order valence-electron chi connectivity index (χ1n) is 10.4. The van der Waals surface area contributed by atoms with Gasteiger partial charge in [-0.25, -0.2) is 18.9 Å². The van der Waals surface area contributed by atoms with E-state index in [2.05, 4.69) is 15.4 Å². The molecule has 1 N–H and O–H groups in total. The minimum Gasteiger partial charge on any atom is -0.452 e. The topological polar surface area (TPSA) is 86.1 Å². The van der Waals surface area contributed by atoms with Crippen molar-refractivity contribution in [3.63, 3.8) is 0 Å². The van der Waals surface area contributed by atoms with Gasteiger partial charge in [-0.1, -0.05) is 18.2 Å². The van der Waals surface area contributed by atoms with Crippen molar-refractivity contribution in [3.05, 3.63) is 81.6 Å². The molecule has 4 aromatic rings. The molecule has 170 valence electrons. The summed E-state index contributed by atoms with van der Waals surface area (Å²) in [6.07, 6.45) is 1.58. The lowest BCUT2D eigenvalue weighted by Crippen LogP contribution is -2.32. The van der Waals surface area contributed by atoms with E-state index in [-0.39, 0.29) is 11.9 Å². The summed E-state index contributed by atoms with van der Waals surface area (Å²) in [6.45, 7) is 5.28. The van der Waals surface area contributed by atoms with Gasteiger partial charge in [0.05, 0.1) is 23.2 Å². The Hall–Kier alpha value is -3.59. The van der Waals surface area contributed by atoms with Crippen molar-refractivity contribution < 1.29 is 18.7 Å². The molecule has 7 nitrogen and oxygen atoms in total. The van der Waals surface area contributed by atoms with Crippen LogP contribution in [0.15, 0.2) is 54.0 Å². The van der Waals surface area contributed by atoms with Gasteiger partial charge in [-0.15, -0.1) is 11.3 Å². The van der Waals surface area contributed by atoms with Crippen molar-refractivity contribution in [3.8, 4) is 0 Å². The molecule has 0 spiro atoms. The number of aromatic nitrogens is 3. The Morgan fingerprint density at radius 1 is 1.21 bits per heavy atom. The predicted octanol–water partition coefficient (Wildman–Crippen LogP) is 4.58. The van der Waals surface area contributed by atoms with Crippen molar-refractivity contribution >= 4 is 34.2 Å². The van der Waals surface area contributed by atoms with Crippen LogP contribution in [0.4, 0.5) is 4.39 Å². The molecule has 9 heteroatoms. The van der Waals surface area contributed by atoms with Crippen LogP contribution in [0.25, 0.3) is 11.0 Å². The van der Waals surface area contributed by atoms with Crippen LogP contribution in [-0.4, -0.2) is 33.2 Å². The third-order valence-corrected chi connectivity index (χ3v) is 6.01. The average molecular weight is 467 g/mol. The Morgan fingerprint density at radius 2 is 1.97 bits per heavy atom. The van der Waals surface area contributed by atoms with E-state index in [1.807, 2.05) is 31.4 Å². The van der Waals surface area contributed by atoms with Crippen LogP contribution in [0.3, 0.4) is 0 Å². The van der Waals surface area contributed by atoms with Crippen molar-refractivity contribution in [2.75, 3.05) is 6.61 Å². The summed E-state index contributed by atoms with van der Waals surface area (Å²) in [6, 6.07) is 10.9. The Balaban J connectivity index is 1.49. The zero-order chi connectivity index (χ0) is 23.5. The molecule has 4 rings (SSSR count). The Morgan fingerprint density at radius 3 is 2.64 bits per heavy atom. The van der Waals surface area contributed by atoms with Gasteiger partial charge >= 0.3 is 5.97 Å². The van der Waals surface area contributed by atoms with E-state index in [4.69, 9.17) is 4.74 Å². The molecular formula is C24H23FN4O3S. The highest BCUT2D eigenvalue weighted by Gasteiger charge is 2.21. The van der Waals surface area contributed by atoms with E-state index < -0.39 is 24.5 Å². The molecule has 0 saturated heterocycles. The number of esters is 1. The minimum atomic E-state index is -0.626. The van der Waals surface area contributed by atoms with Crippen LogP contribution in [0, 0.1) is 12.7 Å². The number of hydrogen-bond acceptors (Lipinski definition) is 6. The van der Waals surface area contributed by atoms with Gasteiger partial charge in [0.25, 0.3) is 5.91 Å². The van der Waals surface area contributed by atoms with Gasteiger partial charge in [-0.2, -0.15) is 5.10 Å². The monoisotopic (exact) mass is 466 g/mol. The zero-order valence-corrected chi connectivity index (χ0v) is 19.2. The van der Waals surface area contributed by atoms with Crippen molar-refractivity contribution in [1.29, 1.82) is 0 Å². The molecule has 0 radical (unpaired) electrons. The number of halogens is 1. The number of pyridine rings is 1. The number of aryl methyl sites for hydroxylation is 1. The number of ether oxygens (including phenoxy) is 1. The molecule has 0 fully saturated rings. The van der Waals surface area contributed by atoms with Crippen LogP contribution < -0.4 is 5.32 Å². The highest BCUT2D eigenvalue weighted by atomic mass is 32.1. The molecule has 0 saturated carbocycles. The maximum absolute atomic E-state index is 13.4. The van der Waals surface area contributed by atoms with Gasteiger partial charge in [-0.05, 0) is 56.0 Å². The Labute approximate surface area is 194 Å². The van der Waals surface area contributed by atoms with Gasteiger partial charge in [-0.3, -0.25) is 4.79 Å². The van der Waals surface area contributed by atoms with Gasteiger partial charge in [0.1, 0.15) is 5.82 Å². The second-order valence-electron chi connectivity index (χ2n) is 7.87. The minimum absolute atomic E-state index is 0.0760. The lowest BCUT2D eigenvalue weighted by atomic mass is 10.1. The number of amides is 1. The van der Waals surface area contributed by atoms with E-state index in [0.717, 1.165) is 10.4 Å². The molecule has 1 unspecified atom stereocenters. The second kappa shape index (κ2) is 9.50. The maximum atomic E-state index is 13.4. The normalized spacial score (nSPS) is 12.2. The fraction of sp³-hybridized carbons (Fsp3) is 0.250. The van der Waals surface area contributed by atoms with E-state index in [0.29, 0.717) is 22.3 Å². The number of benzene rings is 1. The van der Waals surface area contributed by atoms with Crippen molar-refractivity contribution in [2.24, 2.45) is 0 Å². The van der Waals surface area contributed by atoms with Crippen LogP contribution in [-0.2, 0) is 9.53 Å². The molecule has 33 heavy (non-hydrogen) atoms. The molecule has 0 bridgehead atoms. The highest BCUT2D eigenvalue weighted by molar-refractivity contribution is 7.10. The molecule has 1 aromatic carbocycles. The number of rotatable bonds is 7. The third kappa shape index (κ3) is 4.93. The fourth-order valence-electron chi connectivity index (χ4n) is 3.53. The quantitative estimate of drug-likeness (QED) is 0.403. The van der Waals surface area contributed by atoms with E-state index >= 15 is 0 Å². The Bertz CT molecular complexity index is 1280. The lowest BCUT2D eigenvalue weighted by Gasteiger charge is -2.18. The summed E-state index contributed by atoms with van der Waals surface area (Å²) in [5.74, 6) is -1.45. The first-order chi connectivity index (χ1) is 15.8. The van der Waals surface area contributed by atoms with Crippen LogP contribution in [0.2, 0.25) is 0 Å². The lowest BCUT2D eigenvalue weighted by molar-refractivity contribution is -0.124. The van der Waals surface area contributed by atoms with Crippen LogP contribution in [0.5, 0.6) is 0 Å². The van der Waals surface area contributed by atoms with Crippen molar-refractivity contribution in [1.82, 2.24) is 20.1 Å². The van der Waals surface area contributed by atoms with Crippen LogP contribution >= 0.6 is 11.3 Å². The first-order valence-corrected chi connectivity index (χ1v) is 11.3. The highest BCUT2D eigenvalue weighted by Crippen LogP contribution is 2.26. The molecule has 3 heterocycles. The maximum Gasteiger partial charge on any atom is 0.339 e. The fourth-order valence-corrected chi connectivity index (χ4v) is 4.33. The third-order valence-electron chi connectivity index (χ3n) is 5.07. The molecule has 1 atom stereocenters. The summed E-state index contributed by atoms with van der Waals surface area (Å²) >= 11 is 1.47. The average Bonchev–Trinajstić information content (AvgIpc) is 3.46. The number of carbonyl (C=O) groups is 2. The smallest absolute Gasteiger partial charge is 0.339 e. The number of nitrogens with zero attached hydrogens (tertiary/aromatic N) is 3.